The Morgan fingerprint density at radius 1 is 0.955 bits per heavy atom. The van der Waals surface area contributed by atoms with Gasteiger partial charge in [0.25, 0.3) is 11.8 Å². The quantitative estimate of drug-likeness (QED) is 0.805. The summed E-state index contributed by atoms with van der Waals surface area (Å²) in [6.07, 6.45) is 3.34. The normalized spacial score (nSPS) is 18.2. The van der Waals surface area contributed by atoms with Crippen LogP contribution in [0, 0.1) is 20.8 Å². The molecule has 0 unspecified atom stereocenters. The summed E-state index contributed by atoms with van der Waals surface area (Å²) in [6, 6.07) is 4.17. The number of hydroxylamine groups is 2. The van der Waals surface area contributed by atoms with Crippen LogP contribution in [0.2, 0.25) is 0 Å². The molecule has 22 heavy (non-hydrogen) atoms. The Bertz CT molecular complexity index is 637. The van der Waals surface area contributed by atoms with Crippen LogP contribution in [0.3, 0.4) is 0 Å². The van der Waals surface area contributed by atoms with E-state index in [4.69, 9.17) is 4.84 Å². The fourth-order valence-corrected chi connectivity index (χ4v) is 3.40. The van der Waals surface area contributed by atoms with Crippen LogP contribution in [0.15, 0.2) is 23.3 Å². The molecule has 0 atom stereocenters. The number of rotatable bonds is 3. The largest absolute Gasteiger partial charge is 0.281 e. The molecule has 0 aromatic heterocycles. The van der Waals surface area contributed by atoms with Crippen molar-refractivity contribution in [2.75, 3.05) is 0 Å². The van der Waals surface area contributed by atoms with Gasteiger partial charge < -0.3 is 0 Å². The monoisotopic (exact) mass is 299 g/mol. The Kier molecular flexibility index (Phi) is 3.87. The predicted molar refractivity (Wildman–Crippen MR) is 82.8 cm³/mol. The van der Waals surface area contributed by atoms with Gasteiger partial charge in [-0.2, -0.15) is 0 Å². The Morgan fingerprint density at radius 3 is 1.95 bits per heavy atom. The molecule has 0 spiro atoms. The highest BCUT2D eigenvalue weighted by molar-refractivity contribution is 6.18. The first-order chi connectivity index (χ1) is 10.5. The third-order valence-corrected chi connectivity index (χ3v) is 4.53. The summed E-state index contributed by atoms with van der Waals surface area (Å²) < 4.78 is 0. The van der Waals surface area contributed by atoms with Crippen molar-refractivity contribution < 1.29 is 14.4 Å². The number of imide groups is 1. The molecule has 0 N–H and O–H groups in total. The molecule has 0 saturated carbocycles. The van der Waals surface area contributed by atoms with Gasteiger partial charge >= 0.3 is 0 Å². The van der Waals surface area contributed by atoms with Gasteiger partial charge in [-0.1, -0.05) is 17.7 Å². The average Bonchev–Trinajstić information content (AvgIpc) is 2.71. The van der Waals surface area contributed by atoms with Crippen molar-refractivity contribution in [1.29, 1.82) is 0 Å². The molecule has 0 bridgehead atoms. The predicted octanol–water partition coefficient (Wildman–Crippen LogP) is 3.28. The standard InChI is InChI=1S/C18H21NO3/c1-11-8-12(2)16(13(3)9-11)10-22-19-17(20)14-6-4-5-7-15(14)18(19)21/h8-9H,4-7,10H2,1-3H3. The fraction of sp³-hybridized carbons (Fsp3) is 0.444. The van der Waals surface area contributed by atoms with E-state index >= 15 is 0 Å². The van der Waals surface area contributed by atoms with E-state index in [2.05, 4.69) is 19.1 Å². The molecule has 1 aromatic carbocycles. The maximum atomic E-state index is 12.3. The van der Waals surface area contributed by atoms with Gasteiger partial charge in [0.15, 0.2) is 0 Å². The number of benzene rings is 1. The number of aryl methyl sites for hydroxylation is 3. The second kappa shape index (κ2) is 5.69. The number of carbonyl (C=O) groups is 2. The molecule has 2 aliphatic rings. The first-order valence-corrected chi connectivity index (χ1v) is 7.79. The molecule has 0 fully saturated rings. The molecule has 1 heterocycles. The summed E-state index contributed by atoms with van der Waals surface area (Å²) in [4.78, 5) is 30.2. The van der Waals surface area contributed by atoms with E-state index in [1.165, 1.54) is 5.56 Å². The maximum Gasteiger partial charge on any atom is 0.281 e. The van der Waals surface area contributed by atoms with Gasteiger partial charge in [0.1, 0.15) is 6.61 Å². The lowest BCUT2D eigenvalue weighted by Gasteiger charge is -2.17. The molecule has 0 saturated heterocycles. The van der Waals surface area contributed by atoms with Crippen molar-refractivity contribution in [2.24, 2.45) is 0 Å². The first-order valence-electron chi connectivity index (χ1n) is 7.79. The van der Waals surface area contributed by atoms with Gasteiger partial charge in [0.05, 0.1) is 0 Å². The first kappa shape index (κ1) is 15.0. The Morgan fingerprint density at radius 2 is 1.45 bits per heavy atom. The lowest BCUT2D eigenvalue weighted by molar-refractivity contribution is -0.190. The number of nitrogens with zero attached hydrogens (tertiary/aromatic N) is 1. The van der Waals surface area contributed by atoms with Crippen LogP contribution < -0.4 is 0 Å². The zero-order chi connectivity index (χ0) is 15.9. The molecule has 1 aliphatic carbocycles. The van der Waals surface area contributed by atoms with Crippen molar-refractivity contribution in [2.45, 2.75) is 53.1 Å². The van der Waals surface area contributed by atoms with Gasteiger partial charge in [0.2, 0.25) is 0 Å². The number of amides is 2. The Labute approximate surface area is 130 Å². The minimum atomic E-state index is -0.262. The molecule has 116 valence electrons. The van der Waals surface area contributed by atoms with Crippen LogP contribution in [-0.4, -0.2) is 16.9 Å². The van der Waals surface area contributed by atoms with Crippen LogP contribution in [-0.2, 0) is 21.0 Å². The second-order valence-electron chi connectivity index (χ2n) is 6.22. The van der Waals surface area contributed by atoms with Crippen LogP contribution in [0.25, 0.3) is 0 Å². The van der Waals surface area contributed by atoms with Crippen LogP contribution in [0.4, 0.5) is 0 Å². The van der Waals surface area contributed by atoms with E-state index in [0.29, 0.717) is 24.0 Å². The Balaban J connectivity index is 1.76. The third kappa shape index (κ3) is 2.48. The molecule has 4 nitrogen and oxygen atoms in total. The highest BCUT2D eigenvalue weighted by Gasteiger charge is 2.40. The summed E-state index contributed by atoms with van der Waals surface area (Å²) in [5.41, 5.74) is 5.80. The number of hydrogen-bond donors (Lipinski definition) is 0. The topological polar surface area (TPSA) is 46.6 Å². The van der Waals surface area contributed by atoms with Gasteiger partial charge in [-0.05, 0) is 63.1 Å². The zero-order valence-electron chi connectivity index (χ0n) is 13.4. The lowest BCUT2D eigenvalue weighted by Crippen LogP contribution is -2.32. The summed E-state index contributed by atoms with van der Waals surface area (Å²) in [6.45, 7) is 6.34. The van der Waals surface area contributed by atoms with Crippen molar-refractivity contribution >= 4 is 11.8 Å². The van der Waals surface area contributed by atoms with Gasteiger partial charge in [-0.3, -0.25) is 14.4 Å². The molecular formula is C18H21NO3. The number of hydrogen-bond acceptors (Lipinski definition) is 3. The highest BCUT2D eigenvalue weighted by atomic mass is 16.7. The summed E-state index contributed by atoms with van der Waals surface area (Å²) >= 11 is 0. The molecule has 0 radical (unpaired) electrons. The van der Waals surface area contributed by atoms with Crippen molar-refractivity contribution in [3.8, 4) is 0 Å². The van der Waals surface area contributed by atoms with E-state index in [9.17, 15) is 9.59 Å². The van der Waals surface area contributed by atoms with E-state index in [0.717, 1.165) is 34.6 Å². The van der Waals surface area contributed by atoms with Crippen molar-refractivity contribution in [1.82, 2.24) is 5.06 Å². The summed E-state index contributed by atoms with van der Waals surface area (Å²) in [5.74, 6) is -0.524. The second-order valence-corrected chi connectivity index (χ2v) is 6.22. The highest BCUT2D eigenvalue weighted by Crippen LogP contribution is 2.33. The molecule has 4 heteroatoms. The Hall–Kier alpha value is -1.94. The van der Waals surface area contributed by atoms with E-state index in [1.54, 1.807) is 0 Å². The van der Waals surface area contributed by atoms with Gasteiger partial charge in [-0.25, -0.2) is 0 Å². The molecule has 1 aromatic rings. The SMILES string of the molecule is Cc1cc(C)c(CON2C(=O)C3=C(CCCC3)C2=O)c(C)c1. The zero-order valence-corrected chi connectivity index (χ0v) is 13.4. The van der Waals surface area contributed by atoms with Crippen LogP contribution in [0.1, 0.15) is 47.9 Å². The summed E-state index contributed by atoms with van der Waals surface area (Å²) in [7, 11) is 0. The van der Waals surface area contributed by atoms with E-state index in [-0.39, 0.29) is 18.4 Å². The summed E-state index contributed by atoms with van der Waals surface area (Å²) in [5, 5.41) is 0.967. The third-order valence-electron chi connectivity index (χ3n) is 4.53. The lowest BCUT2D eigenvalue weighted by atomic mass is 9.93. The minimum absolute atomic E-state index is 0.246. The molecule has 3 rings (SSSR count). The van der Waals surface area contributed by atoms with Gasteiger partial charge in [-0.15, -0.1) is 5.06 Å². The van der Waals surface area contributed by atoms with Crippen LogP contribution in [0.5, 0.6) is 0 Å². The van der Waals surface area contributed by atoms with Gasteiger partial charge in [0, 0.05) is 11.1 Å². The smallest absolute Gasteiger partial charge is 0.267 e. The average molecular weight is 299 g/mol. The maximum absolute atomic E-state index is 12.3. The van der Waals surface area contributed by atoms with Crippen molar-refractivity contribution in [3.05, 3.63) is 45.5 Å². The molecular weight excluding hydrogens is 278 g/mol. The van der Waals surface area contributed by atoms with E-state index in [1.807, 2.05) is 13.8 Å². The minimum Gasteiger partial charge on any atom is -0.267 e. The molecule has 1 aliphatic heterocycles. The van der Waals surface area contributed by atoms with E-state index < -0.39 is 0 Å². The van der Waals surface area contributed by atoms with Crippen molar-refractivity contribution in [3.63, 3.8) is 0 Å². The van der Waals surface area contributed by atoms with Crippen LogP contribution >= 0.6 is 0 Å². The fourth-order valence-electron chi connectivity index (χ4n) is 3.40. The number of carbonyl (C=O) groups excluding carboxylic acids is 2. The molecule has 2 amide bonds.